The van der Waals surface area contributed by atoms with E-state index in [0.717, 1.165) is 0 Å². The van der Waals surface area contributed by atoms with E-state index in [4.69, 9.17) is 9.84 Å². The Kier molecular flexibility index (Phi) is 5.01. The third-order valence-electron chi connectivity index (χ3n) is 2.69. The molecule has 0 aromatic carbocycles. The van der Waals surface area contributed by atoms with Gasteiger partial charge in [-0.15, -0.1) is 0 Å². The topological polar surface area (TPSA) is 78.8 Å². The van der Waals surface area contributed by atoms with E-state index in [1.807, 2.05) is 6.92 Å². The monoisotopic (exact) mass is 217 g/mol. The van der Waals surface area contributed by atoms with Crippen molar-refractivity contribution in [3.05, 3.63) is 0 Å². The van der Waals surface area contributed by atoms with E-state index in [9.17, 15) is 9.90 Å². The fourth-order valence-electron chi connectivity index (χ4n) is 1.88. The highest BCUT2D eigenvalue weighted by Crippen LogP contribution is 2.25. The number of hydrogen-bond donors (Lipinski definition) is 3. The first kappa shape index (κ1) is 12.4. The summed E-state index contributed by atoms with van der Waals surface area (Å²) in [6.07, 6.45) is 0.644. The van der Waals surface area contributed by atoms with Gasteiger partial charge in [0.1, 0.15) is 6.61 Å². The van der Waals surface area contributed by atoms with Gasteiger partial charge < -0.3 is 20.3 Å². The Labute approximate surface area is 89.4 Å². The molecule has 3 N–H and O–H groups in total. The molecule has 0 bridgehead atoms. The van der Waals surface area contributed by atoms with Gasteiger partial charge in [-0.1, -0.05) is 0 Å². The molecule has 88 valence electrons. The van der Waals surface area contributed by atoms with Gasteiger partial charge in [0.05, 0.1) is 6.10 Å². The van der Waals surface area contributed by atoms with Crippen molar-refractivity contribution in [2.75, 3.05) is 19.8 Å². The standard InChI is InChI=1S/C10H19NO4/c1-2-15-6-10(14)11-8-3-7(5-12)9(13)4-8/h7-9,12-13H,2-6H2,1H3,(H,11,14)/t7-,8+,9-/m1/s1. The van der Waals surface area contributed by atoms with Crippen molar-refractivity contribution < 1.29 is 19.7 Å². The van der Waals surface area contributed by atoms with Gasteiger partial charge in [-0.05, 0) is 19.8 Å². The minimum absolute atomic E-state index is 0.0288. The average molecular weight is 217 g/mol. The first-order valence-electron chi connectivity index (χ1n) is 5.33. The first-order valence-corrected chi connectivity index (χ1v) is 5.33. The normalized spacial score (nSPS) is 30.5. The van der Waals surface area contributed by atoms with Crippen molar-refractivity contribution in [2.24, 2.45) is 5.92 Å². The van der Waals surface area contributed by atoms with Crippen LogP contribution < -0.4 is 5.32 Å². The summed E-state index contributed by atoms with van der Waals surface area (Å²) >= 11 is 0. The van der Waals surface area contributed by atoms with E-state index in [1.165, 1.54) is 0 Å². The maximum Gasteiger partial charge on any atom is 0.246 e. The molecule has 5 nitrogen and oxygen atoms in total. The van der Waals surface area contributed by atoms with Gasteiger partial charge in [0, 0.05) is 25.2 Å². The number of carbonyl (C=O) groups excluding carboxylic acids is 1. The lowest BCUT2D eigenvalue weighted by Crippen LogP contribution is -2.36. The molecule has 1 fully saturated rings. The SMILES string of the molecule is CCOCC(=O)N[C@H]1C[C@H](CO)[C@H](O)C1. The largest absolute Gasteiger partial charge is 0.396 e. The molecule has 0 unspecified atom stereocenters. The van der Waals surface area contributed by atoms with Crippen LogP contribution in [-0.4, -0.2) is 48.1 Å². The molecule has 1 amide bonds. The number of hydrogen-bond acceptors (Lipinski definition) is 4. The molecule has 0 aromatic rings. The van der Waals surface area contributed by atoms with Crippen molar-refractivity contribution in [3.63, 3.8) is 0 Å². The highest BCUT2D eigenvalue weighted by molar-refractivity contribution is 5.77. The lowest BCUT2D eigenvalue weighted by Gasteiger charge is -2.12. The molecular formula is C10H19NO4. The molecule has 0 aromatic heterocycles. The number of aliphatic hydroxyl groups excluding tert-OH is 2. The van der Waals surface area contributed by atoms with E-state index in [2.05, 4.69) is 5.32 Å². The second-order valence-electron chi connectivity index (χ2n) is 3.88. The van der Waals surface area contributed by atoms with Crippen molar-refractivity contribution >= 4 is 5.91 Å². The average Bonchev–Trinajstić information content (AvgIpc) is 2.55. The van der Waals surface area contributed by atoms with Crippen LogP contribution in [0.4, 0.5) is 0 Å². The fraction of sp³-hybridized carbons (Fsp3) is 0.900. The summed E-state index contributed by atoms with van der Waals surface area (Å²) in [5, 5.41) is 21.2. The molecule has 0 radical (unpaired) electrons. The van der Waals surface area contributed by atoms with E-state index < -0.39 is 6.10 Å². The smallest absolute Gasteiger partial charge is 0.246 e. The highest BCUT2D eigenvalue weighted by Gasteiger charge is 2.32. The summed E-state index contributed by atoms with van der Waals surface area (Å²) in [6, 6.07) is -0.0369. The molecule has 3 atom stereocenters. The van der Waals surface area contributed by atoms with Crippen LogP contribution in [0.5, 0.6) is 0 Å². The third-order valence-corrected chi connectivity index (χ3v) is 2.69. The molecule has 1 aliphatic carbocycles. The minimum Gasteiger partial charge on any atom is -0.396 e. The Balaban J connectivity index is 2.25. The van der Waals surface area contributed by atoms with Crippen LogP contribution in [0.1, 0.15) is 19.8 Å². The summed E-state index contributed by atoms with van der Waals surface area (Å²) in [7, 11) is 0. The number of nitrogens with one attached hydrogen (secondary N) is 1. The molecule has 0 spiro atoms. The fourth-order valence-corrected chi connectivity index (χ4v) is 1.88. The maximum absolute atomic E-state index is 11.3. The Morgan fingerprint density at radius 2 is 2.27 bits per heavy atom. The van der Waals surface area contributed by atoms with Crippen LogP contribution in [0.2, 0.25) is 0 Å². The molecule has 15 heavy (non-hydrogen) atoms. The highest BCUT2D eigenvalue weighted by atomic mass is 16.5. The van der Waals surface area contributed by atoms with Gasteiger partial charge in [-0.2, -0.15) is 0 Å². The predicted octanol–water partition coefficient (Wildman–Crippen LogP) is -0.729. The van der Waals surface area contributed by atoms with Crippen LogP contribution in [0.3, 0.4) is 0 Å². The minimum atomic E-state index is -0.507. The second kappa shape index (κ2) is 6.05. The Morgan fingerprint density at radius 1 is 1.53 bits per heavy atom. The number of carbonyl (C=O) groups is 1. The zero-order chi connectivity index (χ0) is 11.3. The number of aliphatic hydroxyl groups is 2. The van der Waals surface area contributed by atoms with Gasteiger partial charge in [-0.25, -0.2) is 0 Å². The van der Waals surface area contributed by atoms with Gasteiger partial charge in [0.15, 0.2) is 0 Å². The summed E-state index contributed by atoms with van der Waals surface area (Å²) < 4.78 is 4.96. The van der Waals surface area contributed by atoms with Crippen molar-refractivity contribution in [1.82, 2.24) is 5.32 Å². The predicted molar refractivity (Wildman–Crippen MR) is 54.2 cm³/mol. The van der Waals surface area contributed by atoms with Crippen molar-refractivity contribution in [2.45, 2.75) is 31.9 Å². The number of ether oxygens (including phenoxy) is 1. The van der Waals surface area contributed by atoms with E-state index in [0.29, 0.717) is 19.4 Å². The number of amides is 1. The molecule has 1 aliphatic rings. The van der Waals surface area contributed by atoms with Crippen LogP contribution >= 0.6 is 0 Å². The van der Waals surface area contributed by atoms with Crippen molar-refractivity contribution in [3.8, 4) is 0 Å². The maximum atomic E-state index is 11.3. The quantitative estimate of drug-likeness (QED) is 0.567. The Bertz CT molecular complexity index is 210. The first-order chi connectivity index (χ1) is 7.17. The third kappa shape index (κ3) is 3.77. The van der Waals surface area contributed by atoms with Crippen LogP contribution in [0, 0.1) is 5.92 Å². The molecular weight excluding hydrogens is 198 g/mol. The van der Waals surface area contributed by atoms with Gasteiger partial charge >= 0.3 is 0 Å². The van der Waals surface area contributed by atoms with Crippen molar-refractivity contribution in [1.29, 1.82) is 0 Å². The Hall–Kier alpha value is -0.650. The number of rotatable bonds is 5. The summed E-state index contributed by atoms with van der Waals surface area (Å²) in [5.41, 5.74) is 0. The van der Waals surface area contributed by atoms with E-state index in [-0.39, 0.29) is 31.1 Å². The van der Waals surface area contributed by atoms with Crippen LogP contribution in [-0.2, 0) is 9.53 Å². The summed E-state index contributed by atoms with van der Waals surface area (Å²) in [6.45, 7) is 2.38. The van der Waals surface area contributed by atoms with Gasteiger partial charge in [0.25, 0.3) is 0 Å². The molecule has 1 rings (SSSR count). The van der Waals surface area contributed by atoms with Gasteiger partial charge in [-0.3, -0.25) is 4.79 Å². The molecule has 5 heteroatoms. The van der Waals surface area contributed by atoms with Gasteiger partial charge in [0.2, 0.25) is 5.91 Å². The molecule has 1 saturated carbocycles. The second-order valence-corrected chi connectivity index (χ2v) is 3.88. The molecule has 0 saturated heterocycles. The summed E-state index contributed by atoms with van der Waals surface area (Å²) in [5.74, 6) is -0.268. The van der Waals surface area contributed by atoms with E-state index in [1.54, 1.807) is 0 Å². The van der Waals surface area contributed by atoms with E-state index >= 15 is 0 Å². The molecule has 0 heterocycles. The zero-order valence-electron chi connectivity index (χ0n) is 8.98. The molecule has 0 aliphatic heterocycles. The Morgan fingerprint density at radius 3 is 2.80 bits per heavy atom. The lowest BCUT2D eigenvalue weighted by molar-refractivity contribution is -0.126. The van der Waals surface area contributed by atoms with Crippen LogP contribution in [0.15, 0.2) is 0 Å². The lowest BCUT2D eigenvalue weighted by atomic mass is 10.1. The zero-order valence-corrected chi connectivity index (χ0v) is 8.98. The van der Waals surface area contributed by atoms with Crippen LogP contribution in [0.25, 0.3) is 0 Å². The summed E-state index contributed by atoms with van der Waals surface area (Å²) in [4.78, 5) is 11.3.